The van der Waals surface area contributed by atoms with E-state index in [0.29, 0.717) is 26.3 Å². The summed E-state index contributed by atoms with van der Waals surface area (Å²) in [6, 6.07) is 0. The van der Waals surface area contributed by atoms with E-state index < -0.39 is 0 Å². The molecule has 2 rings (SSSR count). The zero-order valence-corrected chi connectivity index (χ0v) is 14.6. The first-order chi connectivity index (χ1) is 10.7. The normalized spacial score (nSPS) is 26.2. The quantitative estimate of drug-likeness (QED) is 0.702. The van der Waals surface area contributed by atoms with Crippen LogP contribution < -0.4 is 11.1 Å². The summed E-state index contributed by atoms with van der Waals surface area (Å²) in [5, 5.41) is 2.97. The third kappa shape index (κ3) is 5.33. The van der Waals surface area contributed by atoms with Crippen LogP contribution in [0.1, 0.15) is 32.1 Å². The SMILES string of the molecule is COC(=O)C(CNC(=O)[C@@H]1CCC[C@@H]1CN)C1CCOCC1.Cl. The molecule has 1 amide bonds. The van der Waals surface area contributed by atoms with Gasteiger partial charge in [0.05, 0.1) is 13.0 Å². The molecule has 1 saturated heterocycles. The summed E-state index contributed by atoms with van der Waals surface area (Å²) in [6.45, 7) is 2.25. The molecular weight excluding hydrogens is 320 g/mol. The lowest BCUT2D eigenvalue weighted by Crippen LogP contribution is -2.42. The van der Waals surface area contributed by atoms with Crippen molar-refractivity contribution in [3.8, 4) is 0 Å². The Balaban J connectivity index is 0.00000264. The Kier molecular flexibility index (Phi) is 8.87. The molecule has 0 aromatic carbocycles. The van der Waals surface area contributed by atoms with Crippen LogP contribution in [0, 0.1) is 23.7 Å². The van der Waals surface area contributed by atoms with E-state index >= 15 is 0 Å². The average molecular weight is 349 g/mol. The van der Waals surface area contributed by atoms with Crippen LogP contribution in [0.3, 0.4) is 0 Å². The minimum atomic E-state index is -0.282. The minimum absolute atomic E-state index is 0. The highest BCUT2D eigenvalue weighted by molar-refractivity contribution is 5.85. The molecule has 6 nitrogen and oxygen atoms in total. The maximum atomic E-state index is 12.4. The molecule has 0 bridgehead atoms. The Bertz CT molecular complexity index is 388. The van der Waals surface area contributed by atoms with E-state index in [2.05, 4.69) is 5.32 Å². The van der Waals surface area contributed by atoms with Crippen LogP contribution >= 0.6 is 12.4 Å². The number of amides is 1. The molecule has 0 spiro atoms. The Morgan fingerprint density at radius 1 is 1.26 bits per heavy atom. The third-order valence-corrected chi connectivity index (χ3v) is 5.13. The molecule has 3 atom stereocenters. The zero-order chi connectivity index (χ0) is 15.9. The fraction of sp³-hybridized carbons (Fsp3) is 0.875. The molecule has 1 aliphatic carbocycles. The predicted octanol–water partition coefficient (Wildman–Crippen LogP) is 1.12. The van der Waals surface area contributed by atoms with Crippen LogP contribution in [-0.2, 0) is 19.1 Å². The second-order valence-electron chi connectivity index (χ2n) is 6.36. The first-order valence-electron chi connectivity index (χ1n) is 8.30. The largest absolute Gasteiger partial charge is 0.469 e. The van der Waals surface area contributed by atoms with E-state index in [1.807, 2.05) is 0 Å². The number of hydrogen-bond acceptors (Lipinski definition) is 5. The molecule has 0 radical (unpaired) electrons. The standard InChI is InChI=1S/C16H28N2O4.ClH/c1-21-16(20)14(11-5-7-22-8-6-11)10-18-15(19)13-4-2-3-12(13)9-17;/h11-14H,2-10,17H2,1H3,(H,18,19);1H/t12-,13-,14?;/m1./s1. The van der Waals surface area contributed by atoms with Gasteiger partial charge in [-0.05, 0) is 44.1 Å². The third-order valence-electron chi connectivity index (χ3n) is 5.13. The van der Waals surface area contributed by atoms with Crippen LogP contribution in [0.25, 0.3) is 0 Å². The molecule has 2 aliphatic rings. The molecule has 134 valence electrons. The van der Waals surface area contributed by atoms with Gasteiger partial charge in [0.1, 0.15) is 0 Å². The molecular formula is C16H29ClN2O4. The first-order valence-corrected chi connectivity index (χ1v) is 8.30. The monoisotopic (exact) mass is 348 g/mol. The Morgan fingerprint density at radius 2 is 1.96 bits per heavy atom. The van der Waals surface area contributed by atoms with Gasteiger partial charge >= 0.3 is 5.97 Å². The number of esters is 1. The lowest BCUT2D eigenvalue weighted by atomic mass is 9.85. The highest BCUT2D eigenvalue weighted by atomic mass is 35.5. The molecule has 7 heteroatoms. The zero-order valence-electron chi connectivity index (χ0n) is 13.8. The topological polar surface area (TPSA) is 90.7 Å². The van der Waals surface area contributed by atoms with Crippen molar-refractivity contribution in [3.05, 3.63) is 0 Å². The molecule has 1 aliphatic heterocycles. The number of carbonyl (C=O) groups is 2. The summed E-state index contributed by atoms with van der Waals surface area (Å²) in [6.07, 6.45) is 4.65. The molecule has 2 fully saturated rings. The molecule has 23 heavy (non-hydrogen) atoms. The molecule has 1 saturated carbocycles. The van der Waals surface area contributed by atoms with Crippen molar-refractivity contribution < 1.29 is 19.1 Å². The van der Waals surface area contributed by atoms with E-state index in [1.54, 1.807) is 0 Å². The summed E-state index contributed by atoms with van der Waals surface area (Å²) in [5.41, 5.74) is 5.74. The number of methoxy groups -OCH3 is 1. The van der Waals surface area contributed by atoms with Crippen molar-refractivity contribution in [1.82, 2.24) is 5.32 Å². The summed E-state index contributed by atoms with van der Waals surface area (Å²) in [7, 11) is 1.40. The maximum Gasteiger partial charge on any atom is 0.310 e. The number of carbonyl (C=O) groups excluding carboxylic acids is 2. The number of rotatable bonds is 6. The van der Waals surface area contributed by atoms with Crippen molar-refractivity contribution in [3.63, 3.8) is 0 Å². The van der Waals surface area contributed by atoms with Crippen molar-refractivity contribution in [2.45, 2.75) is 32.1 Å². The number of nitrogens with one attached hydrogen (secondary N) is 1. The Morgan fingerprint density at radius 3 is 2.57 bits per heavy atom. The van der Waals surface area contributed by atoms with Gasteiger partial charge in [0, 0.05) is 25.7 Å². The van der Waals surface area contributed by atoms with Gasteiger partial charge in [0.15, 0.2) is 0 Å². The van der Waals surface area contributed by atoms with Crippen molar-refractivity contribution in [2.75, 3.05) is 33.4 Å². The highest BCUT2D eigenvalue weighted by Crippen LogP contribution is 2.31. The molecule has 0 aromatic rings. The first kappa shape index (κ1) is 20.2. The number of halogens is 1. The maximum absolute atomic E-state index is 12.4. The van der Waals surface area contributed by atoms with Gasteiger partial charge in [0.2, 0.25) is 5.91 Å². The van der Waals surface area contributed by atoms with Gasteiger partial charge in [-0.15, -0.1) is 12.4 Å². The summed E-state index contributed by atoms with van der Waals surface area (Å²) >= 11 is 0. The second kappa shape index (κ2) is 10.1. The second-order valence-corrected chi connectivity index (χ2v) is 6.36. The van der Waals surface area contributed by atoms with E-state index in [0.717, 1.165) is 32.1 Å². The highest BCUT2D eigenvalue weighted by Gasteiger charge is 2.34. The van der Waals surface area contributed by atoms with Crippen molar-refractivity contribution in [1.29, 1.82) is 0 Å². The lowest BCUT2D eigenvalue weighted by molar-refractivity contribution is -0.148. The molecule has 3 N–H and O–H groups in total. The van der Waals surface area contributed by atoms with Gasteiger partial charge < -0.3 is 20.5 Å². The van der Waals surface area contributed by atoms with Gasteiger partial charge in [-0.3, -0.25) is 9.59 Å². The number of nitrogens with two attached hydrogens (primary N) is 1. The number of ether oxygens (including phenoxy) is 2. The molecule has 1 unspecified atom stereocenters. The molecule has 1 heterocycles. The Hall–Kier alpha value is -0.850. The van der Waals surface area contributed by atoms with Gasteiger partial charge in [-0.2, -0.15) is 0 Å². The summed E-state index contributed by atoms with van der Waals surface area (Å²) < 4.78 is 10.3. The minimum Gasteiger partial charge on any atom is -0.469 e. The summed E-state index contributed by atoms with van der Waals surface area (Å²) in [4.78, 5) is 24.4. The van der Waals surface area contributed by atoms with Gasteiger partial charge in [0.25, 0.3) is 0 Å². The van der Waals surface area contributed by atoms with Gasteiger partial charge in [-0.25, -0.2) is 0 Å². The van der Waals surface area contributed by atoms with Crippen LogP contribution in [0.4, 0.5) is 0 Å². The average Bonchev–Trinajstić information content (AvgIpc) is 3.04. The Labute approximate surface area is 144 Å². The fourth-order valence-corrected chi connectivity index (χ4v) is 3.72. The van der Waals surface area contributed by atoms with Crippen LogP contribution in [-0.4, -0.2) is 45.3 Å². The van der Waals surface area contributed by atoms with E-state index in [1.165, 1.54) is 7.11 Å². The van der Waals surface area contributed by atoms with E-state index in [9.17, 15) is 9.59 Å². The number of hydrogen-bond donors (Lipinski definition) is 2. The van der Waals surface area contributed by atoms with E-state index in [4.69, 9.17) is 15.2 Å². The van der Waals surface area contributed by atoms with Crippen LogP contribution in [0.5, 0.6) is 0 Å². The summed E-state index contributed by atoms with van der Waals surface area (Å²) in [5.74, 6) is 0.00603. The fourth-order valence-electron chi connectivity index (χ4n) is 3.72. The van der Waals surface area contributed by atoms with Gasteiger partial charge in [-0.1, -0.05) is 6.42 Å². The van der Waals surface area contributed by atoms with Crippen molar-refractivity contribution >= 4 is 24.3 Å². The van der Waals surface area contributed by atoms with Crippen molar-refractivity contribution in [2.24, 2.45) is 29.4 Å². The van der Waals surface area contributed by atoms with E-state index in [-0.39, 0.29) is 48.0 Å². The lowest BCUT2D eigenvalue weighted by Gasteiger charge is -2.29. The molecule has 0 aromatic heterocycles. The van der Waals surface area contributed by atoms with Crippen LogP contribution in [0.2, 0.25) is 0 Å². The predicted molar refractivity (Wildman–Crippen MR) is 89.2 cm³/mol. The smallest absolute Gasteiger partial charge is 0.310 e. The van der Waals surface area contributed by atoms with Crippen LogP contribution in [0.15, 0.2) is 0 Å².